The number of alkyl halides is 3. The van der Waals surface area contributed by atoms with Crippen LogP contribution >= 0.6 is 0 Å². The second kappa shape index (κ2) is 4.56. The van der Waals surface area contributed by atoms with Crippen LogP contribution in [0.2, 0.25) is 0 Å². The molecule has 98 valence electrons. The van der Waals surface area contributed by atoms with Gasteiger partial charge in [-0.25, -0.2) is 4.39 Å². The van der Waals surface area contributed by atoms with E-state index in [-0.39, 0.29) is 24.6 Å². The molecule has 1 heterocycles. The van der Waals surface area contributed by atoms with Gasteiger partial charge in [-0.3, -0.25) is 4.79 Å². The standard InChI is InChI=1S/C11H9F4NO2/c12-8-2-6(1-7(3-8)11(13,14)15)9-4-16-10(17)5-18-9/h1-3,9H,4-5H2,(H,16,17)/t9-/m1/s1. The molecule has 0 radical (unpaired) electrons. The van der Waals surface area contributed by atoms with Crippen LogP contribution in [0.5, 0.6) is 0 Å². The average Bonchev–Trinajstić information content (AvgIpc) is 2.28. The molecule has 1 aromatic carbocycles. The first-order valence-electron chi connectivity index (χ1n) is 5.12. The van der Waals surface area contributed by atoms with Crippen LogP contribution < -0.4 is 5.32 Å². The topological polar surface area (TPSA) is 38.3 Å². The van der Waals surface area contributed by atoms with E-state index in [1.807, 2.05) is 0 Å². The van der Waals surface area contributed by atoms with Crippen molar-refractivity contribution in [1.82, 2.24) is 5.32 Å². The summed E-state index contributed by atoms with van der Waals surface area (Å²) in [6, 6.07) is 2.22. The van der Waals surface area contributed by atoms with E-state index in [9.17, 15) is 22.4 Å². The molecule has 0 aromatic heterocycles. The highest BCUT2D eigenvalue weighted by Crippen LogP contribution is 2.32. The van der Waals surface area contributed by atoms with Crippen LogP contribution in [0.4, 0.5) is 17.6 Å². The van der Waals surface area contributed by atoms with Gasteiger partial charge in [0.1, 0.15) is 18.5 Å². The van der Waals surface area contributed by atoms with Crippen LogP contribution in [0.3, 0.4) is 0 Å². The fourth-order valence-corrected chi connectivity index (χ4v) is 1.67. The van der Waals surface area contributed by atoms with Gasteiger partial charge in [0, 0.05) is 6.54 Å². The third-order valence-electron chi connectivity index (χ3n) is 2.52. The molecule has 2 rings (SSSR count). The lowest BCUT2D eigenvalue weighted by Gasteiger charge is -2.24. The van der Waals surface area contributed by atoms with Crippen molar-refractivity contribution in [3.8, 4) is 0 Å². The molecule has 1 aliphatic rings. The Morgan fingerprint density at radius 2 is 2.00 bits per heavy atom. The zero-order valence-corrected chi connectivity index (χ0v) is 9.05. The Labute approximate surface area is 99.7 Å². The van der Waals surface area contributed by atoms with Gasteiger partial charge in [0.2, 0.25) is 5.91 Å². The fourth-order valence-electron chi connectivity index (χ4n) is 1.67. The molecule has 0 aliphatic carbocycles. The summed E-state index contributed by atoms with van der Waals surface area (Å²) in [7, 11) is 0. The van der Waals surface area contributed by atoms with Crippen molar-refractivity contribution in [2.75, 3.05) is 13.2 Å². The normalized spacial score (nSPS) is 20.7. The summed E-state index contributed by atoms with van der Waals surface area (Å²) in [4.78, 5) is 10.8. The van der Waals surface area contributed by atoms with E-state index in [1.165, 1.54) is 0 Å². The molecule has 0 saturated carbocycles. The number of morpholine rings is 1. The summed E-state index contributed by atoms with van der Waals surface area (Å²) in [5, 5.41) is 2.44. The van der Waals surface area contributed by atoms with Gasteiger partial charge in [-0.05, 0) is 23.8 Å². The van der Waals surface area contributed by atoms with Crippen molar-refractivity contribution in [3.63, 3.8) is 0 Å². The molecular formula is C11H9F4NO2. The van der Waals surface area contributed by atoms with Gasteiger partial charge in [0.05, 0.1) is 5.56 Å². The number of nitrogens with one attached hydrogen (secondary N) is 1. The van der Waals surface area contributed by atoms with Crippen LogP contribution in [0.25, 0.3) is 0 Å². The molecule has 1 N–H and O–H groups in total. The largest absolute Gasteiger partial charge is 0.416 e. The first kappa shape index (κ1) is 12.8. The van der Waals surface area contributed by atoms with Crippen molar-refractivity contribution < 1.29 is 27.1 Å². The fraction of sp³-hybridized carbons (Fsp3) is 0.364. The average molecular weight is 263 g/mol. The van der Waals surface area contributed by atoms with Crippen molar-refractivity contribution in [2.45, 2.75) is 12.3 Å². The molecule has 1 atom stereocenters. The number of hydrogen-bond donors (Lipinski definition) is 1. The van der Waals surface area contributed by atoms with Crippen LogP contribution in [0, 0.1) is 5.82 Å². The van der Waals surface area contributed by atoms with Gasteiger partial charge in [-0.1, -0.05) is 0 Å². The number of halogens is 4. The third-order valence-corrected chi connectivity index (χ3v) is 2.52. The lowest BCUT2D eigenvalue weighted by molar-refractivity contribution is -0.138. The lowest BCUT2D eigenvalue weighted by Crippen LogP contribution is -2.38. The monoisotopic (exact) mass is 263 g/mol. The highest BCUT2D eigenvalue weighted by molar-refractivity contribution is 5.77. The number of carbonyl (C=O) groups is 1. The molecular weight excluding hydrogens is 254 g/mol. The summed E-state index contributed by atoms with van der Waals surface area (Å²) in [5.74, 6) is -1.33. The van der Waals surface area contributed by atoms with Gasteiger partial charge < -0.3 is 10.1 Å². The molecule has 1 amide bonds. The minimum atomic E-state index is -4.62. The molecule has 3 nitrogen and oxygen atoms in total. The molecule has 1 fully saturated rings. The highest BCUT2D eigenvalue weighted by atomic mass is 19.4. The van der Waals surface area contributed by atoms with Crippen molar-refractivity contribution in [1.29, 1.82) is 0 Å². The molecule has 1 aromatic rings. The molecule has 0 bridgehead atoms. The highest BCUT2D eigenvalue weighted by Gasteiger charge is 2.32. The van der Waals surface area contributed by atoms with E-state index in [2.05, 4.69) is 5.32 Å². The molecule has 1 aliphatic heterocycles. The predicted octanol–water partition coefficient (Wildman–Crippen LogP) is 2.03. The van der Waals surface area contributed by atoms with Crippen LogP contribution in [0.1, 0.15) is 17.2 Å². The number of ether oxygens (including phenoxy) is 1. The first-order chi connectivity index (χ1) is 8.36. The number of rotatable bonds is 1. The van der Waals surface area contributed by atoms with Gasteiger partial charge in [0.25, 0.3) is 0 Å². The minimum Gasteiger partial charge on any atom is -0.362 e. The van der Waals surface area contributed by atoms with E-state index >= 15 is 0 Å². The number of amides is 1. The molecule has 18 heavy (non-hydrogen) atoms. The predicted molar refractivity (Wildman–Crippen MR) is 53.1 cm³/mol. The van der Waals surface area contributed by atoms with Gasteiger partial charge >= 0.3 is 6.18 Å². The minimum absolute atomic E-state index is 0.0274. The number of carbonyl (C=O) groups excluding carboxylic acids is 1. The van der Waals surface area contributed by atoms with Gasteiger partial charge in [-0.15, -0.1) is 0 Å². The summed E-state index contributed by atoms with van der Waals surface area (Å²) >= 11 is 0. The zero-order chi connectivity index (χ0) is 13.3. The quantitative estimate of drug-likeness (QED) is 0.787. The maximum atomic E-state index is 13.1. The second-order valence-corrected chi connectivity index (χ2v) is 3.87. The molecule has 0 spiro atoms. The smallest absolute Gasteiger partial charge is 0.362 e. The Bertz CT molecular complexity index is 463. The van der Waals surface area contributed by atoms with E-state index in [4.69, 9.17) is 4.74 Å². The van der Waals surface area contributed by atoms with Crippen molar-refractivity contribution in [2.24, 2.45) is 0 Å². The summed E-state index contributed by atoms with van der Waals surface area (Å²) < 4.78 is 55.7. The maximum Gasteiger partial charge on any atom is 0.416 e. The lowest BCUT2D eigenvalue weighted by atomic mass is 10.0. The Morgan fingerprint density at radius 1 is 1.28 bits per heavy atom. The van der Waals surface area contributed by atoms with E-state index in [0.29, 0.717) is 6.07 Å². The van der Waals surface area contributed by atoms with Crippen molar-refractivity contribution in [3.05, 3.63) is 35.1 Å². The molecule has 0 unspecified atom stereocenters. The van der Waals surface area contributed by atoms with Crippen molar-refractivity contribution >= 4 is 5.91 Å². The Balaban J connectivity index is 2.28. The van der Waals surface area contributed by atoms with Crippen LogP contribution in [-0.2, 0) is 15.7 Å². The summed E-state index contributed by atoms with van der Waals surface area (Å²) in [6.07, 6.45) is -5.38. The van der Waals surface area contributed by atoms with E-state index in [1.54, 1.807) is 0 Å². The maximum absolute atomic E-state index is 13.1. The Morgan fingerprint density at radius 3 is 2.56 bits per heavy atom. The van der Waals surface area contributed by atoms with Crippen LogP contribution in [-0.4, -0.2) is 19.1 Å². The number of hydrogen-bond acceptors (Lipinski definition) is 2. The van der Waals surface area contributed by atoms with Gasteiger partial charge in [-0.2, -0.15) is 13.2 Å². The van der Waals surface area contributed by atoms with E-state index in [0.717, 1.165) is 12.1 Å². The number of benzene rings is 1. The SMILES string of the molecule is O=C1CO[C@@H](c2cc(F)cc(C(F)(F)F)c2)CN1. The first-order valence-corrected chi connectivity index (χ1v) is 5.12. The molecule has 7 heteroatoms. The summed E-state index contributed by atoms with van der Waals surface area (Å²) in [5.41, 5.74) is -1.01. The third kappa shape index (κ3) is 2.79. The Hall–Kier alpha value is -1.63. The van der Waals surface area contributed by atoms with Gasteiger partial charge in [0.15, 0.2) is 0 Å². The second-order valence-electron chi connectivity index (χ2n) is 3.87. The molecule has 1 saturated heterocycles. The zero-order valence-electron chi connectivity index (χ0n) is 9.05. The van der Waals surface area contributed by atoms with E-state index < -0.39 is 23.7 Å². The van der Waals surface area contributed by atoms with Crippen LogP contribution in [0.15, 0.2) is 18.2 Å². The summed E-state index contributed by atoms with van der Waals surface area (Å²) in [6.45, 7) is -0.220. The Kier molecular flexibility index (Phi) is 3.25.